The van der Waals surface area contributed by atoms with Crippen LogP contribution in [0.4, 0.5) is 17.6 Å². The number of aliphatic carboxylic acids is 1. The van der Waals surface area contributed by atoms with E-state index in [0.29, 0.717) is 37.1 Å². The lowest BCUT2D eigenvalue weighted by Crippen LogP contribution is -2.37. The molecule has 0 atom stereocenters. The topological polar surface area (TPSA) is 75.4 Å². The lowest BCUT2D eigenvalue weighted by atomic mass is 9.87. The van der Waals surface area contributed by atoms with Gasteiger partial charge in [-0.1, -0.05) is 0 Å². The third-order valence-electron chi connectivity index (χ3n) is 6.66. The number of fused-ring (bicyclic) bond motifs is 3. The zero-order valence-corrected chi connectivity index (χ0v) is 19.4. The van der Waals surface area contributed by atoms with E-state index in [2.05, 4.69) is 4.98 Å². The normalized spacial score (nSPS) is 13.8. The van der Waals surface area contributed by atoms with Gasteiger partial charge >= 0.3 is 5.97 Å². The summed E-state index contributed by atoms with van der Waals surface area (Å²) < 4.78 is 58.0. The lowest BCUT2D eigenvalue weighted by molar-refractivity contribution is -0.147. The number of aromatic nitrogens is 2. The molecule has 1 aliphatic heterocycles. The summed E-state index contributed by atoms with van der Waals surface area (Å²) in [6.45, 7) is 3.26. The predicted octanol–water partition coefficient (Wildman–Crippen LogP) is 4.81. The van der Waals surface area contributed by atoms with Crippen molar-refractivity contribution in [1.29, 1.82) is 0 Å². The molecule has 6 nitrogen and oxygen atoms in total. The zero-order valence-electron chi connectivity index (χ0n) is 19.4. The molecular weight excluding hydrogens is 466 g/mol. The largest absolute Gasteiger partial charge is 0.481 e. The summed E-state index contributed by atoms with van der Waals surface area (Å²) in [6.07, 6.45) is 2.87. The number of carbonyl (C=O) groups excluding carboxylic acids is 1. The van der Waals surface area contributed by atoms with Crippen molar-refractivity contribution in [2.75, 3.05) is 6.54 Å². The van der Waals surface area contributed by atoms with Crippen LogP contribution in [0.3, 0.4) is 0 Å². The number of amides is 1. The second-order valence-electron chi connectivity index (χ2n) is 9.44. The highest BCUT2D eigenvalue weighted by Gasteiger charge is 2.30. The molecule has 0 spiro atoms. The van der Waals surface area contributed by atoms with Crippen molar-refractivity contribution >= 4 is 22.9 Å². The molecule has 0 saturated carbocycles. The van der Waals surface area contributed by atoms with Crippen molar-refractivity contribution in [3.05, 3.63) is 64.5 Å². The number of hydrogen-bond donors (Lipinski definition) is 1. The molecule has 0 radical (unpaired) electrons. The number of halogens is 4. The van der Waals surface area contributed by atoms with E-state index < -0.39 is 46.8 Å². The summed E-state index contributed by atoms with van der Waals surface area (Å²) in [5.41, 5.74) is 0.155. The second-order valence-corrected chi connectivity index (χ2v) is 9.44. The van der Waals surface area contributed by atoms with Gasteiger partial charge in [-0.2, -0.15) is 0 Å². The van der Waals surface area contributed by atoms with Crippen LogP contribution in [0.15, 0.2) is 24.4 Å². The van der Waals surface area contributed by atoms with Gasteiger partial charge in [0.25, 0.3) is 0 Å². The van der Waals surface area contributed by atoms with Gasteiger partial charge in [-0.15, -0.1) is 0 Å². The van der Waals surface area contributed by atoms with Crippen LogP contribution in [0.1, 0.15) is 49.9 Å². The van der Waals surface area contributed by atoms with Crippen LogP contribution in [0.2, 0.25) is 0 Å². The van der Waals surface area contributed by atoms with Gasteiger partial charge in [-0.25, -0.2) is 22.5 Å². The minimum absolute atomic E-state index is 0.133. The van der Waals surface area contributed by atoms with Crippen molar-refractivity contribution < 1.29 is 32.3 Å². The van der Waals surface area contributed by atoms with Crippen LogP contribution >= 0.6 is 0 Å². The molecule has 10 heteroatoms. The Morgan fingerprint density at radius 3 is 2.49 bits per heavy atom. The van der Waals surface area contributed by atoms with Crippen LogP contribution < -0.4 is 0 Å². The van der Waals surface area contributed by atoms with Crippen LogP contribution in [-0.2, 0) is 29.1 Å². The van der Waals surface area contributed by atoms with E-state index in [1.807, 2.05) is 6.07 Å². The number of nitrogens with zero attached hydrogens (tertiary/aromatic N) is 3. The van der Waals surface area contributed by atoms with Crippen molar-refractivity contribution in [2.24, 2.45) is 5.41 Å². The van der Waals surface area contributed by atoms with E-state index in [1.165, 1.54) is 10.8 Å². The van der Waals surface area contributed by atoms with E-state index in [4.69, 9.17) is 0 Å². The molecule has 1 aromatic carbocycles. The van der Waals surface area contributed by atoms with Crippen LogP contribution in [0.25, 0.3) is 11.0 Å². The van der Waals surface area contributed by atoms with Gasteiger partial charge in [0.2, 0.25) is 5.91 Å². The fourth-order valence-corrected chi connectivity index (χ4v) is 4.51. The van der Waals surface area contributed by atoms with Gasteiger partial charge in [0, 0.05) is 41.9 Å². The molecule has 3 heterocycles. The SMILES string of the molecule is CC(C)(CCCC(=O)N1CCc2c(n(Cc3c(F)c(F)cc(F)c3F)c3ncccc23)C1)C(=O)O. The monoisotopic (exact) mass is 491 g/mol. The minimum Gasteiger partial charge on any atom is -0.481 e. The van der Waals surface area contributed by atoms with E-state index in [1.54, 1.807) is 24.8 Å². The first-order valence-corrected chi connectivity index (χ1v) is 11.3. The Bertz CT molecular complexity index is 1290. The highest BCUT2D eigenvalue weighted by molar-refractivity contribution is 5.84. The van der Waals surface area contributed by atoms with Crippen LogP contribution in [-0.4, -0.2) is 38.0 Å². The van der Waals surface area contributed by atoms with E-state index in [-0.39, 0.29) is 24.9 Å². The molecule has 1 aliphatic rings. The Morgan fingerprint density at radius 1 is 1.14 bits per heavy atom. The van der Waals surface area contributed by atoms with Crippen molar-refractivity contribution in [2.45, 2.75) is 52.6 Å². The molecular formula is C25H25F4N3O3. The van der Waals surface area contributed by atoms with Crippen LogP contribution in [0, 0.1) is 28.7 Å². The standard InChI is InChI=1S/C25H25F4N3O3/c1-25(2,24(34)35)8-3-6-20(33)31-10-7-14-15-5-4-9-30-23(15)32(19(14)13-31)12-16-21(28)17(26)11-18(27)22(16)29/h4-5,9,11H,3,6-8,10,12-13H2,1-2H3,(H,34,35). The molecule has 1 N–H and O–H groups in total. The first-order valence-electron chi connectivity index (χ1n) is 11.3. The molecule has 4 rings (SSSR count). The summed E-state index contributed by atoms with van der Waals surface area (Å²) in [6, 6.07) is 3.70. The molecule has 0 bridgehead atoms. The highest BCUT2D eigenvalue weighted by Crippen LogP contribution is 2.32. The summed E-state index contributed by atoms with van der Waals surface area (Å²) in [4.78, 5) is 30.1. The third kappa shape index (κ3) is 4.61. The maximum absolute atomic E-state index is 14.4. The number of carbonyl (C=O) groups is 2. The van der Waals surface area contributed by atoms with Crippen molar-refractivity contribution in [3.63, 3.8) is 0 Å². The summed E-state index contributed by atoms with van der Waals surface area (Å²) >= 11 is 0. The van der Waals surface area contributed by atoms with E-state index in [9.17, 15) is 32.3 Å². The van der Waals surface area contributed by atoms with Gasteiger partial charge in [0.1, 0.15) is 5.65 Å². The first-order chi connectivity index (χ1) is 16.5. The second kappa shape index (κ2) is 9.31. The van der Waals surface area contributed by atoms with Crippen molar-refractivity contribution in [1.82, 2.24) is 14.5 Å². The highest BCUT2D eigenvalue weighted by atomic mass is 19.2. The number of benzene rings is 1. The van der Waals surface area contributed by atoms with Gasteiger partial charge in [0.05, 0.1) is 18.5 Å². The average molecular weight is 491 g/mol. The Kier molecular flexibility index (Phi) is 6.57. The zero-order chi connectivity index (χ0) is 25.5. The summed E-state index contributed by atoms with van der Waals surface area (Å²) in [7, 11) is 0. The number of pyridine rings is 1. The average Bonchev–Trinajstić information content (AvgIpc) is 3.13. The summed E-state index contributed by atoms with van der Waals surface area (Å²) in [5, 5.41) is 10.00. The smallest absolute Gasteiger partial charge is 0.309 e. The van der Waals surface area contributed by atoms with Gasteiger partial charge < -0.3 is 14.6 Å². The molecule has 0 unspecified atom stereocenters. The van der Waals surface area contributed by atoms with Crippen molar-refractivity contribution in [3.8, 4) is 0 Å². The Labute approximate surface area is 199 Å². The number of carboxylic acids is 1. The molecule has 186 valence electrons. The lowest BCUT2D eigenvalue weighted by Gasteiger charge is -2.29. The van der Waals surface area contributed by atoms with Crippen LogP contribution in [0.5, 0.6) is 0 Å². The fraction of sp³-hybridized carbons (Fsp3) is 0.400. The molecule has 0 saturated heterocycles. The van der Waals surface area contributed by atoms with E-state index >= 15 is 0 Å². The number of rotatable bonds is 7. The van der Waals surface area contributed by atoms with Gasteiger partial charge in [-0.05, 0) is 50.8 Å². The predicted molar refractivity (Wildman–Crippen MR) is 119 cm³/mol. The Hall–Kier alpha value is -3.43. The third-order valence-corrected chi connectivity index (χ3v) is 6.66. The van der Waals surface area contributed by atoms with E-state index in [0.717, 1.165) is 10.9 Å². The molecule has 0 aliphatic carbocycles. The Morgan fingerprint density at radius 2 is 1.83 bits per heavy atom. The van der Waals surface area contributed by atoms with Gasteiger partial charge in [-0.3, -0.25) is 9.59 Å². The Balaban J connectivity index is 1.63. The maximum Gasteiger partial charge on any atom is 0.309 e. The summed E-state index contributed by atoms with van der Waals surface area (Å²) in [5.74, 6) is -7.02. The molecule has 1 amide bonds. The first kappa shape index (κ1) is 24.7. The maximum atomic E-state index is 14.4. The number of hydrogen-bond acceptors (Lipinski definition) is 3. The number of carboxylic acid groups (broad SMARTS) is 1. The quantitative estimate of drug-likeness (QED) is 0.380. The minimum atomic E-state index is -1.49. The molecule has 2 aromatic heterocycles. The fourth-order valence-electron chi connectivity index (χ4n) is 4.51. The molecule has 35 heavy (non-hydrogen) atoms. The van der Waals surface area contributed by atoms with Gasteiger partial charge in [0.15, 0.2) is 23.3 Å². The molecule has 3 aromatic rings. The molecule has 0 fully saturated rings.